The molecule has 3 heteroatoms. The normalized spacial score (nSPS) is 15.4. The monoisotopic (exact) mass is 213 g/mol. The fourth-order valence-corrected chi connectivity index (χ4v) is 2.16. The van der Waals surface area contributed by atoms with Crippen LogP contribution in [-0.2, 0) is 6.42 Å². The molecule has 0 aliphatic heterocycles. The summed E-state index contributed by atoms with van der Waals surface area (Å²) in [4.78, 5) is 1.41. The summed E-state index contributed by atoms with van der Waals surface area (Å²) in [6.07, 6.45) is 1.92. The van der Waals surface area contributed by atoms with Crippen molar-refractivity contribution in [3.05, 3.63) is 22.4 Å². The summed E-state index contributed by atoms with van der Waals surface area (Å²) in [6.45, 7) is 4.67. The van der Waals surface area contributed by atoms with Gasteiger partial charge in [0.1, 0.15) is 0 Å². The molecular weight excluding hydrogens is 194 g/mol. The molecule has 0 fully saturated rings. The molecule has 1 aromatic heterocycles. The molecule has 0 bridgehead atoms. The highest BCUT2D eigenvalue weighted by molar-refractivity contribution is 7.09. The molecule has 0 aliphatic rings. The summed E-state index contributed by atoms with van der Waals surface area (Å²) in [5.74, 6) is 0. The fraction of sp³-hybridized carbons (Fsp3) is 0.636. The Morgan fingerprint density at radius 1 is 1.57 bits per heavy atom. The third-order valence-corrected chi connectivity index (χ3v) is 3.12. The van der Waals surface area contributed by atoms with Crippen molar-refractivity contribution >= 4 is 11.3 Å². The predicted molar refractivity (Wildman–Crippen MR) is 61.8 cm³/mol. The average Bonchev–Trinajstić information content (AvgIpc) is 2.64. The molecule has 1 aromatic rings. The molecule has 80 valence electrons. The maximum atomic E-state index is 9.16. The van der Waals surface area contributed by atoms with Gasteiger partial charge in [-0.3, -0.25) is 0 Å². The zero-order chi connectivity index (χ0) is 10.4. The van der Waals surface area contributed by atoms with Gasteiger partial charge in [-0.15, -0.1) is 11.3 Å². The van der Waals surface area contributed by atoms with Gasteiger partial charge in [0.2, 0.25) is 0 Å². The lowest BCUT2D eigenvalue weighted by Gasteiger charge is -2.17. The summed E-state index contributed by atoms with van der Waals surface area (Å²) in [7, 11) is 0. The van der Waals surface area contributed by atoms with Gasteiger partial charge in [0.25, 0.3) is 0 Å². The van der Waals surface area contributed by atoms with E-state index in [1.54, 1.807) is 11.3 Å². The molecule has 0 aliphatic carbocycles. The van der Waals surface area contributed by atoms with Gasteiger partial charge in [0.15, 0.2) is 0 Å². The van der Waals surface area contributed by atoms with Crippen LogP contribution in [0.1, 0.15) is 25.1 Å². The van der Waals surface area contributed by atoms with Gasteiger partial charge in [-0.1, -0.05) is 13.0 Å². The topological polar surface area (TPSA) is 32.3 Å². The van der Waals surface area contributed by atoms with Crippen LogP contribution in [0, 0.1) is 0 Å². The smallest absolute Gasteiger partial charge is 0.0636 e. The van der Waals surface area contributed by atoms with E-state index in [1.807, 2.05) is 6.92 Å². The third-order valence-electron chi connectivity index (χ3n) is 2.22. The van der Waals surface area contributed by atoms with Crippen molar-refractivity contribution in [2.75, 3.05) is 6.54 Å². The van der Waals surface area contributed by atoms with Crippen molar-refractivity contribution in [3.8, 4) is 0 Å². The highest BCUT2D eigenvalue weighted by atomic mass is 32.1. The highest BCUT2D eigenvalue weighted by Gasteiger charge is 2.08. The van der Waals surface area contributed by atoms with Crippen LogP contribution < -0.4 is 5.32 Å². The zero-order valence-corrected chi connectivity index (χ0v) is 9.68. The summed E-state index contributed by atoms with van der Waals surface area (Å²) in [5.41, 5.74) is 0. The lowest BCUT2D eigenvalue weighted by molar-refractivity contribution is 0.185. The molecular formula is C11H19NOS. The molecule has 1 rings (SSSR count). The minimum absolute atomic E-state index is 0.257. The van der Waals surface area contributed by atoms with Crippen LogP contribution in [-0.4, -0.2) is 23.8 Å². The van der Waals surface area contributed by atoms with Crippen LogP contribution in [0.5, 0.6) is 0 Å². The Balaban J connectivity index is 2.32. The first kappa shape index (κ1) is 11.7. The van der Waals surface area contributed by atoms with Gasteiger partial charge in [-0.25, -0.2) is 0 Å². The van der Waals surface area contributed by atoms with E-state index in [-0.39, 0.29) is 6.10 Å². The van der Waals surface area contributed by atoms with Gasteiger partial charge in [0.05, 0.1) is 6.10 Å². The Morgan fingerprint density at radius 2 is 2.36 bits per heavy atom. The quantitative estimate of drug-likeness (QED) is 0.758. The minimum atomic E-state index is -0.257. The van der Waals surface area contributed by atoms with E-state index in [4.69, 9.17) is 5.11 Å². The molecule has 2 unspecified atom stereocenters. The average molecular weight is 213 g/mol. The Bertz CT molecular complexity index is 233. The molecule has 0 radical (unpaired) electrons. The van der Waals surface area contributed by atoms with Crippen molar-refractivity contribution < 1.29 is 5.11 Å². The molecule has 2 atom stereocenters. The fourth-order valence-electron chi connectivity index (χ4n) is 1.37. The molecule has 2 nitrogen and oxygen atoms in total. The molecule has 0 amide bonds. The van der Waals surface area contributed by atoms with Crippen molar-refractivity contribution in [2.45, 2.75) is 38.8 Å². The summed E-state index contributed by atoms with van der Waals surface area (Å²) >= 11 is 1.80. The molecule has 14 heavy (non-hydrogen) atoms. The molecule has 0 aromatic carbocycles. The van der Waals surface area contributed by atoms with E-state index in [1.165, 1.54) is 4.88 Å². The first-order valence-electron chi connectivity index (χ1n) is 5.16. The van der Waals surface area contributed by atoms with E-state index in [2.05, 4.69) is 29.8 Å². The highest BCUT2D eigenvalue weighted by Crippen LogP contribution is 2.12. The van der Waals surface area contributed by atoms with E-state index in [0.29, 0.717) is 12.6 Å². The first-order valence-corrected chi connectivity index (χ1v) is 6.04. The Morgan fingerprint density at radius 3 is 2.86 bits per heavy atom. The van der Waals surface area contributed by atoms with Crippen molar-refractivity contribution in [2.24, 2.45) is 0 Å². The summed E-state index contributed by atoms with van der Waals surface area (Å²) < 4.78 is 0. The number of aliphatic hydroxyl groups excluding tert-OH is 1. The molecule has 2 N–H and O–H groups in total. The maximum absolute atomic E-state index is 9.16. The van der Waals surface area contributed by atoms with E-state index in [9.17, 15) is 0 Å². The second kappa shape index (κ2) is 6.17. The van der Waals surface area contributed by atoms with Gasteiger partial charge >= 0.3 is 0 Å². The number of nitrogens with one attached hydrogen (secondary N) is 1. The van der Waals surface area contributed by atoms with Crippen LogP contribution in [0.2, 0.25) is 0 Å². The van der Waals surface area contributed by atoms with Gasteiger partial charge in [-0.05, 0) is 31.2 Å². The lowest BCUT2D eigenvalue weighted by atomic mass is 10.1. The van der Waals surface area contributed by atoms with Crippen LogP contribution in [0.15, 0.2) is 17.5 Å². The van der Waals surface area contributed by atoms with Crippen molar-refractivity contribution in [1.29, 1.82) is 0 Å². The number of aliphatic hydroxyl groups is 1. The Hall–Kier alpha value is -0.380. The van der Waals surface area contributed by atoms with Gasteiger partial charge in [-0.2, -0.15) is 0 Å². The van der Waals surface area contributed by atoms with Crippen molar-refractivity contribution in [1.82, 2.24) is 5.32 Å². The van der Waals surface area contributed by atoms with Crippen LogP contribution in [0.4, 0.5) is 0 Å². The number of hydrogen-bond donors (Lipinski definition) is 2. The molecule has 0 spiro atoms. The minimum Gasteiger partial charge on any atom is -0.392 e. The second-order valence-electron chi connectivity index (χ2n) is 3.65. The predicted octanol–water partition coefficient (Wildman–Crippen LogP) is 2.04. The number of hydrogen-bond acceptors (Lipinski definition) is 3. The second-order valence-corrected chi connectivity index (χ2v) is 4.68. The number of rotatable bonds is 6. The molecule has 0 saturated heterocycles. The van der Waals surface area contributed by atoms with Crippen LogP contribution in [0.25, 0.3) is 0 Å². The molecule has 1 heterocycles. The summed E-state index contributed by atoms with van der Waals surface area (Å²) in [5, 5.41) is 14.6. The Kier molecular flexibility index (Phi) is 5.15. The van der Waals surface area contributed by atoms with Crippen LogP contribution in [0.3, 0.4) is 0 Å². The maximum Gasteiger partial charge on any atom is 0.0636 e. The first-order chi connectivity index (χ1) is 6.72. The zero-order valence-electron chi connectivity index (χ0n) is 8.86. The van der Waals surface area contributed by atoms with E-state index >= 15 is 0 Å². The lowest BCUT2D eigenvalue weighted by Crippen LogP contribution is -2.35. The van der Waals surface area contributed by atoms with Crippen LogP contribution >= 0.6 is 11.3 Å². The standard InChI is InChI=1S/C11H19NOS/c1-3-10(12-8-9(2)13)7-11-5-4-6-14-11/h4-6,9-10,12-13H,3,7-8H2,1-2H3. The van der Waals surface area contributed by atoms with Crippen molar-refractivity contribution in [3.63, 3.8) is 0 Å². The van der Waals surface area contributed by atoms with E-state index < -0.39 is 0 Å². The Labute approximate surface area is 90.0 Å². The summed E-state index contributed by atoms with van der Waals surface area (Å²) in [6, 6.07) is 4.74. The SMILES string of the molecule is CCC(Cc1cccs1)NCC(C)O. The van der Waals surface area contributed by atoms with E-state index in [0.717, 1.165) is 12.8 Å². The third kappa shape index (κ3) is 4.22. The van der Waals surface area contributed by atoms with Gasteiger partial charge < -0.3 is 10.4 Å². The van der Waals surface area contributed by atoms with Gasteiger partial charge in [0, 0.05) is 17.5 Å². The largest absolute Gasteiger partial charge is 0.392 e. The number of thiophene rings is 1. The molecule has 0 saturated carbocycles.